The van der Waals surface area contributed by atoms with Gasteiger partial charge in [-0.15, -0.1) is 11.8 Å². The van der Waals surface area contributed by atoms with Gasteiger partial charge in [0, 0.05) is 5.75 Å². The molecule has 2 bridgehead atoms. The number of carbonyl (C=O) groups is 1. The van der Waals surface area contributed by atoms with Crippen LogP contribution in [0.25, 0.3) is 0 Å². The van der Waals surface area contributed by atoms with E-state index in [0.717, 1.165) is 12.8 Å². The molecule has 1 heterocycles. The second-order valence-electron chi connectivity index (χ2n) is 6.29. The summed E-state index contributed by atoms with van der Waals surface area (Å²) in [6.45, 7) is 0. The molecule has 0 aromatic heterocycles. The van der Waals surface area contributed by atoms with E-state index in [1.165, 1.54) is 24.0 Å². The Hall–Kier alpha value is -1.00. The van der Waals surface area contributed by atoms with Gasteiger partial charge in [0.15, 0.2) is 0 Å². The molecule has 3 atom stereocenters. The van der Waals surface area contributed by atoms with Crippen LogP contribution in [0.3, 0.4) is 0 Å². The summed E-state index contributed by atoms with van der Waals surface area (Å²) in [5.74, 6) is 1.16. The highest BCUT2D eigenvalue weighted by atomic mass is 32.2. The van der Waals surface area contributed by atoms with Gasteiger partial charge in [0.25, 0.3) is 0 Å². The van der Waals surface area contributed by atoms with Crippen LogP contribution in [0.1, 0.15) is 24.0 Å². The second kappa shape index (κ2) is 4.50. The number of hydrogen-bond donors (Lipinski definition) is 2. The summed E-state index contributed by atoms with van der Waals surface area (Å²) in [4.78, 5) is 11.3. The van der Waals surface area contributed by atoms with Gasteiger partial charge < -0.3 is 5.11 Å². The number of carboxylic acid groups (broad SMARTS) is 1. The lowest BCUT2D eigenvalue weighted by Gasteiger charge is -2.35. The maximum Gasteiger partial charge on any atom is 0.321 e. The van der Waals surface area contributed by atoms with Crippen molar-refractivity contribution in [2.45, 2.75) is 36.6 Å². The summed E-state index contributed by atoms with van der Waals surface area (Å²) < 4.78 is 0. The van der Waals surface area contributed by atoms with Crippen molar-refractivity contribution in [2.75, 3.05) is 5.75 Å². The zero-order valence-corrected chi connectivity index (χ0v) is 12.2. The molecule has 2 N–H and O–H groups in total. The average molecular weight is 289 g/mol. The van der Waals surface area contributed by atoms with E-state index in [1.807, 2.05) is 11.8 Å². The summed E-state index contributed by atoms with van der Waals surface area (Å²) >= 11 is 1.87. The van der Waals surface area contributed by atoms with Crippen LogP contribution in [-0.2, 0) is 17.6 Å². The van der Waals surface area contributed by atoms with Crippen LogP contribution in [-0.4, -0.2) is 27.7 Å². The maximum absolute atomic E-state index is 11.3. The van der Waals surface area contributed by atoms with Gasteiger partial charge in [0.1, 0.15) is 6.04 Å². The van der Waals surface area contributed by atoms with Crippen molar-refractivity contribution in [3.05, 3.63) is 35.4 Å². The Labute approximate surface area is 123 Å². The minimum atomic E-state index is -0.699. The fourth-order valence-corrected chi connectivity index (χ4v) is 6.11. The molecule has 3 aliphatic rings. The quantitative estimate of drug-likeness (QED) is 0.833. The van der Waals surface area contributed by atoms with E-state index < -0.39 is 5.97 Å². The Morgan fingerprint density at radius 1 is 1.20 bits per heavy atom. The fourth-order valence-electron chi connectivity index (χ4n) is 4.34. The molecule has 1 spiro atoms. The number of rotatable bonds is 1. The van der Waals surface area contributed by atoms with E-state index in [-0.39, 0.29) is 10.9 Å². The first kappa shape index (κ1) is 12.7. The number of fused-ring (bicyclic) bond motifs is 1. The van der Waals surface area contributed by atoms with Gasteiger partial charge >= 0.3 is 5.97 Å². The predicted molar refractivity (Wildman–Crippen MR) is 79.8 cm³/mol. The van der Waals surface area contributed by atoms with Crippen LogP contribution in [0, 0.1) is 11.8 Å². The Kier molecular flexibility index (Phi) is 2.86. The van der Waals surface area contributed by atoms with Crippen molar-refractivity contribution < 1.29 is 9.90 Å². The monoisotopic (exact) mass is 289 g/mol. The zero-order chi connectivity index (χ0) is 13.7. The third-order valence-electron chi connectivity index (χ3n) is 5.31. The minimum Gasteiger partial charge on any atom is -0.480 e. The lowest BCUT2D eigenvalue weighted by Crippen LogP contribution is -2.51. The molecule has 1 aromatic rings. The standard InChI is InChI=1S/C16H19NO2S/c18-15(19)14-9-20-16(17-14)12-5-6-13(16)8-11-4-2-1-3-10(11)7-12/h1-4,12-14,17H,5-9H2,(H,18,19)/t12?,13?,14-,16?/m1/s1. The number of thioether (sulfide) groups is 1. The molecule has 1 saturated heterocycles. The van der Waals surface area contributed by atoms with E-state index in [4.69, 9.17) is 0 Å². The van der Waals surface area contributed by atoms with Crippen LogP contribution in [0.15, 0.2) is 24.3 Å². The van der Waals surface area contributed by atoms with Gasteiger partial charge in [-0.2, -0.15) is 0 Å². The van der Waals surface area contributed by atoms with Crippen LogP contribution >= 0.6 is 11.8 Å². The number of nitrogens with one attached hydrogen (secondary N) is 1. The molecule has 2 unspecified atom stereocenters. The molecule has 20 heavy (non-hydrogen) atoms. The van der Waals surface area contributed by atoms with Gasteiger partial charge in [-0.05, 0) is 48.6 Å². The molecule has 4 heteroatoms. The van der Waals surface area contributed by atoms with Crippen molar-refractivity contribution in [3.63, 3.8) is 0 Å². The first-order chi connectivity index (χ1) is 9.69. The second-order valence-corrected chi connectivity index (χ2v) is 7.58. The van der Waals surface area contributed by atoms with Crippen molar-refractivity contribution in [1.82, 2.24) is 5.32 Å². The van der Waals surface area contributed by atoms with E-state index >= 15 is 0 Å². The summed E-state index contributed by atoms with van der Waals surface area (Å²) in [5, 5.41) is 12.8. The first-order valence-corrected chi connectivity index (χ1v) is 8.39. The molecule has 0 radical (unpaired) electrons. The summed E-state index contributed by atoms with van der Waals surface area (Å²) in [5.41, 5.74) is 2.94. The maximum atomic E-state index is 11.3. The molecule has 2 aliphatic carbocycles. The highest BCUT2D eigenvalue weighted by molar-refractivity contribution is 8.01. The van der Waals surface area contributed by atoms with Crippen LogP contribution in [0.5, 0.6) is 0 Å². The van der Waals surface area contributed by atoms with E-state index in [9.17, 15) is 9.90 Å². The minimum absolute atomic E-state index is 0.00206. The Morgan fingerprint density at radius 2 is 1.80 bits per heavy atom. The molecule has 4 rings (SSSR count). The van der Waals surface area contributed by atoms with E-state index in [0.29, 0.717) is 17.6 Å². The number of benzene rings is 1. The fraction of sp³-hybridized carbons (Fsp3) is 0.562. The Balaban J connectivity index is 1.69. The summed E-state index contributed by atoms with van der Waals surface area (Å²) in [7, 11) is 0. The topological polar surface area (TPSA) is 49.3 Å². The molecule has 3 nitrogen and oxygen atoms in total. The lowest BCUT2D eigenvalue weighted by atomic mass is 9.93. The van der Waals surface area contributed by atoms with E-state index in [2.05, 4.69) is 29.6 Å². The summed E-state index contributed by atoms with van der Waals surface area (Å²) in [6.07, 6.45) is 4.65. The van der Waals surface area contributed by atoms with Gasteiger partial charge in [-0.3, -0.25) is 10.1 Å². The lowest BCUT2D eigenvalue weighted by molar-refractivity contribution is -0.139. The molecule has 2 fully saturated rings. The van der Waals surface area contributed by atoms with Gasteiger partial charge in [-0.1, -0.05) is 24.3 Å². The van der Waals surface area contributed by atoms with Crippen LogP contribution < -0.4 is 5.32 Å². The average Bonchev–Trinajstić information content (AvgIpc) is 2.94. The van der Waals surface area contributed by atoms with Crippen molar-refractivity contribution in [2.24, 2.45) is 11.8 Å². The highest BCUT2D eigenvalue weighted by Gasteiger charge is 2.56. The Bertz CT molecular complexity index is 526. The molecule has 1 aliphatic heterocycles. The van der Waals surface area contributed by atoms with Crippen molar-refractivity contribution >= 4 is 17.7 Å². The SMILES string of the molecule is O=C(O)[C@H]1CSC2(N1)C1CCC2Cc2ccccc2C1. The van der Waals surface area contributed by atoms with Gasteiger partial charge in [0.2, 0.25) is 0 Å². The molecular weight excluding hydrogens is 270 g/mol. The number of hydrogen-bond acceptors (Lipinski definition) is 3. The number of carboxylic acids is 1. The van der Waals surface area contributed by atoms with Crippen molar-refractivity contribution in [1.29, 1.82) is 0 Å². The first-order valence-electron chi connectivity index (χ1n) is 7.40. The van der Waals surface area contributed by atoms with Crippen LogP contribution in [0.2, 0.25) is 0 Å². The van der Waals surface area contributed by atoms with Gasteiger partial charge in [-0.25, -0.2) is 0 Å². The zero-order valence-electron chi connectivity index (χ0n) is 11.3. The third-order valence-corrected chi connectivity index (χ3v) is 7.08. The van der Waals surface area contributed by atoms with Crippen LogP contribution in [0.4, 0.5) is 0 Å². The molecule has 1 saturated carbocycles. The predicted octanol–water partition coefficient (Wildman–Crippen LogP) is 2.30. The molecule has 1 aromatic carbocycles. The molecule has 0 amide bonds. The molecule has 106 valence electrons. The Morgan fingerprint density at radius 3 is 2.30 bits per heavy atom. The normalized spacial score (nSPS) is 38.7. The smallest absolute Gasteiger partial charge is 0.321 e. The van der Waals surface area contributed by atoms with Crippen molar-refractivity contribution in [3.8, 4) is 0 Å². The third kappa shape index (κ3) is 1.74. The summed E-state index contributed by atoms with van der Waals surface area (Å²) in [6, 6.07) is 8.37. The largest absolute Gasteiger partial charge is 0.480 e. The highest BCUT2D eigenvalue weighted by Crippen LogP contribution is 2.55. The van der Waals surface area contributed by atoms with E-state index in [1.54, 1.807) is 0 Å². The number of aliphatic carboxylic acids is 1. The van der Waals surface area contributed by atoms with Gasteiger partial charge in [0.05, 0.1) is 4.87 Å². The molecular formula is C16H19NO2S.